The monoisotopic (exact) mass is 262 g/mol. The third-order valence-electron chi connectivity index (χ3n) is 2.75. The van der Waals surface area contributed by atoms with Crippen LogP contribution >= 0.6 is 11.6 Å². The van der Waals surface area contributed by atoms with E-state index in [4.69, 9.17) is 11.6 Å². The van der Waals surface area contributed by atoms with Crippen LogP contribution in [-0.4, -0.2) is 5.78 Å². The normalized spacial score (nSPS) is 10.4. The molecule has 92 valence electrons. The predicted octanol–water partition coefficient (Wildman–Crippen LogP) is 4.33. The third kappa shape index (κ3) is 2.59. The first-order valence-corrected chi connectivity index (χ1v) is 5.93. The fraction of sp³-hybridized carbons (Fsp3) is 0.133. The van der Waals surface area contributed by atoms with E-state index in [0.717, 1.165) is 11.1 Å². The average molecular weight is 263 g/mol. The van der Waals surface area contributed by atoms with E-state index in [-0.39, 0.29) is 5.78 Å². The first-order chi connectivity index (χ1) is 8.47. The smallest absolute Gasteiger partial charge is 0.193 e. The van der Waals surface area contributed by atoms with E-state index in [9.17, 15) is 9.18 Å². The lowest BCUT2D eigenvalue weighted by atomic mass is 9.98. The quantitative estimate of drug-likeness (QED) is 0.737. The summed E-state index contributed by atoms with van der Waals surface area (Å²) in [6.07, 6.45) is 0. The SMILES string of the molecule is Cc1cc(Cl)cc(C(=O)c2cc(F)ccc2C)c1. The maximum absolute atomic E-state index is 13.2. The zero-order valence-corrected chi connectivity index (χ0v) is 10.9. The van der Waals surface area contributed by atoms with Gasteiger partial charge in [0.2, 0.25) is 0 Å². The summed E-state index contributed by atoms with van der Waals surface area (Å²) in [4.78, 5) is 12.3. The van der Waals surface area contributed by atoms with E-state index in [1.54, 1.807) is 31.2 Å². The topological polar surface area (TPSA) is 17.1 Å². The zero-order valence-electron chi connectivity index (χ0n) is 10.1. The number of benzene rings is 2. The van der Waals surface area contributed by atoms with E-state index in [1.165, 1.54) is 12.1 Å². The minimum absolute atomic E-state index is 0.211. The number of ketones is 1. The van der Waals surface area contributed by atoms with Gasteiger partial charge in [0, 0.05) is 16.1 Å². The molecule has 2 aromatic rings. The van der Waals surface area contributed by atoms with E-state index in [2.05, 4.69) is 0 Å². The number of rotatable bonds is 2. The molecule has 0 spiro atoms. The van der Waals surface area contributed by atoms with Crippen molar-refractivity contribution >= 4 is 17.4 Å². The molecule has 0 amide bonds. The molecule has 0 N–H and O–H groups in total. The molecule has 3 heteroatoms. The fourth-order valence-corrected chi connectivity index (χ4v) is 2.15. The van der Waals surface area contributed by atoms with Crippen LogP contribution in [0.3, 0.4) is 0 Å². The Hall–Kier alpha value is -1.67. The van der Waals surface area contributed by atoms with Crippen LogP contribution in [0, 0.1) is 19.7 Å². The van der Waals surface area contributed by atoms with Gasteiger partial charge in [0.25, 0.3) is 0 Å². The Kier molecular flexibility index (Phi) is 3.48. The highest BCUT2D eigenvalue weighted by atomic mass is 35.5. The summed E-state index contributed by atoms with van der Waals surface area (Å²) < 4.78 is 13.2. The van der Waals surface area contributed by atoms with Crippen molar-refractivity contribution < 1.29 is 9.18 Å². The van der Waals surface area contributed by atoms with Crippen molar-refractivity contribution in [2.24, 2.45) is 0 Å². The molecule has 0 saturated heterocycles. The Morgan fingerprint density at radius 2 is 1.83 bits per heavy atom. The number of hydrogen-bond donors (Lipinski definition) is 0. The molecule has 0 saturated carbocycles. The summed E-state index contributed by atoms with van der Waals surface area (Å²) in [6, 6.07) is 9.32. The van der Waals surface area contributed by atoms with Crippen LogP contribution in [0.15, 0.2) is 36.4 Å². The molecule has 18 heavy (non-hydrogen) atoms. The van der Waals surface area contributed by atoms with E-state index < -0.39 is 5.82 Å². The first kappa shape index (κ1) is 12.8. The van der Waals surface area contributed by atoms with E-state index >= 15 is 0 Å². The van der Waals surface area contributed by atoms with Gasteiger partial charge in [-0.1, -0.05) is 17.7 Å². The Balaban J connectivity index is 2.51. The van der Waals surface area contributed by atoms with Gasteiger partial charge < -0.3 is 0 Å². The number of carbonyl (C=O) groups excluding carboxylic acids is 1. The van der Waals surface area contributed by atoms with Gasteiger partial charge in [0.05, 0.1) is 0 Å². The molecule has 1 nitrogen and oxygen atoms in total. The molecule has 2 aromatic carbocycles. The molecule has 0 aromatic heterocycles. The molecular formula is C15H12ClFO. The summed E-state index contributed by atoms with van der Waals surface area (Å²) in [5.74, 6) is -0.625. The number of aryl methyl sites for hydroxylation is 2. The summed E-state index contributed by atoms with van der Waals surface area (Å²) in [6.45, 7) is 3.64. The average Bonchev–Trinajstić information content (AvgIpc) is 2.30. The highest BCUT2D eigenvalue weighted by molar-refractivity contribution is 6.31. The highest BCUT2D eigenvalue weighted by Crippen LogP contribution is 2.20. The van der Waals surface area contributed by atoms with Gasteiger partial charge in [-0.2, -0.15) is 0 Å². The second-order valence-corrected chi connectivity index (χ2v) is 4.74. The van der Waals surface area contributed by atoms with Crippen molar-refractivity contribution in [3.63, 3.8) is 0 Å². The number of carbonyl (C=O) groups is 1. The van der Waals surface area contributed by atoms with Crippen molar-refractivity contribution in [1.29, 1.82) is 0 Å². The lowest BCUT2D eigenvalue weighted by Crippen LogP contribution is -2.04. The molecule has 0 aliphatic heterocycles. The van der Waals surface area contributed by atoms with Crippen LogP contribution in [-0.2, 0) is 0 Å². The van der Waals surface area contributed by atoms with Crippen molar-refractivity contribution in [2.75, 3.05) is 0 Å². The molecule has 0 radical (unpaired) electrons. The summed E-state index contributed by atoms with van der Waals surface area (Å²) in [5.41, 5.74) is 2.50. The molecule has 0 heterocycles. The van der Waals surface area contributed by atoms with Crippen molar-refractivity contribution in [2.45, 2.75) is 13.8 Å². The van der Waals surface area contributed by atoms with E-state index in [1.807, 2.05) is 6.92 Å². The van der Waals surface area contributed by atoms with Crippen LogP contribution in [0.2, 0.25) is 5.02 Å². The Bertz CT molecular complexity index is 600. The van der Waals surface area contributed by atoms with Gasteiger partial charge in [0.15, 0.2) is 5.78 Å². The zero-order chi connectivity index (χ0) is 13.3. The van der Waals surface area contributed by atoms with Crippen molar-refractivity contribution in [3.8, 4) is 0 Å². The van der Waals surface area contributed by atoms with Crippen LogP contribution in [0.4, 0.5) is 4.39 Å². The van der Waals surface area contributed by atoms with E-state index in [0.29, 0.717) is 16.1 Å². The minimum Gasteiger partial charge on any atom is -0.289 e. The second-order valence-electron chi connectivity index (χ2n) is 4.31. The molecular weight excluding hydrogens is 251 g/mol. The van der Waals surface area contributed by atoms with Gasteiger partial charge >= 0.3 is 0 Å². The van der Waals surface area contributed by atoms with Gasteiger partial charge in [-0.3, -0.25) is 4.79 Å². The van der Waals surface area contributed by atoms with Gasteiger partial charge in [0.1, 0.15) is 5.82 Å². The van der Waals surface area contributed by atoms with Crippen LogP contribution in [0.5, 0.6) is 0 Å². The number of hydrogen-bond acceptors (Lipinski definition) is 1. The largest absolute Gasteiger partial charge is 0.289 e. The molecule has 0 atom stereocenters. The van der Waals surface area contributed by atoms with Crippen LogP contribution in [0.25, 0.3) is 0 Å². The number of halogens is 2. The second kappa shape index (κ2) is 4.91. The van der Waals surface area contributed by atoms with Crippen molar-refractivity contribution in [3.05, 3.63) is 69.5 Å². The molecule has 0 fully saturated rings. The minimum atomic E-state index is -0.414. The van der Waals surface area contributed by atoms with Gasteiger partial charge in [-0.25, -0.2) is 4.39 Å². The van der Waals surface area contributed by atoms with Gasteiger partial charge in [-0.05, 0) is 55.3 Å². The molecule has 0 aliphatic rings. The van der Waals surface area contributed by atoms with Crippen LogP contribution < -0.4 is 0 Å². The maximum Gasteiger partial charge on any atom is 0.193 e. The lowest BCUT2D eigenvalue weighted by Gasteiger charge is -2.06. The summed E-state index contributed by atoms with van der Waals surface area (Å²) >= 11 is 5.93. The summed E-state index contributed by atoms with van der Waals surface area (Å²) in [7, 11) is 0. The molecule has 0 aliphatic carbocycles. The Morgan fingerprint density at radius 3 is 2.50 bits per heavy atom. The lowest BCUT2D eigenvalue weighted by molar-refractivity contribution is 0.103. The maximum atomic E-state index is 13.2. The standard InChI is InChI=1S/C15H12ClFO/c1-9-5-11(7-12(16)6-9)15(18)14-8-13(17)4-3-10(14)2/h3-8H,1-2H3. The van der Waals surface area contributed by atoms with Crippen LogP contribution in [0.1, 0.15) is 27.0 Å². The molecule has 0 unspecified atom stereocenters. The van der Waals surface area contributed by atoms with Gasteiger partial charge in [-0.15, -0.1) is 0 Å². The fourth-order valence-electron chi connectivity index (χ4n) is 1.86. The Labute approximate surface area is 110 Å². The highest BCUT2D eigenvalue weighted by Gasteiger charge is 2.13. The van der Waals surface area contributed by atoms with Crippen molar-refractivity contribution in [1.82, 2.24) is 0 Å². The Morgan fingerprint density at radius 1 is 1.11 bits per heavy atom. The first-order valence-electron chi connectivity index (χ1n) is 5.55. The summed E-state index contributed by atoms with van der Waals surface area (Å²) in [5, 5.41) is 0.507. The third-order valence-corrected chi connectivity index (χ3v) is 2.97. The molecule has 2 rings (SSSR count). The predicted molar refractivity (Wildman–Crippen MR) is 70.8 cm³/mol. The molecule has 0 bridgehead atoms.